The van der Waals surface area contributed by atoms with Crippen molar-refractivity contribution in [2.45, 2.75) is 40.0 Å². The summed E-state index contributed by atoms with van der Waals surface area (Å²) in [4.78, 5) is 10.5. The summed E-state index contributed by atoms with van der Waals surface area (Å²) >= 11 is 0. The second-order valence-electron chi connectivity index (χ2n) is 2.97. The van der Waals surface area contributed by atoms with Gasteiger partial charge in [0.2, 0.25) is 0 Å². The van der Waals surface area contributed by atoms with Crippen LogP contribution in [-0.2, 0) is 4.79 Å². The summed E-state index contributed by atoms with van der Waals surface area (Å²) in [7, 11) is 0. The van der Waals surface area contributed by atoms with E-state index >= 15 is 0 Å². The molecule has 0 bridgehead atoms. The molecular formula is C9H18O. The Balaban J connectivity index is 3.63. The van der Waals surface area contributed by atoms with Gasteiger partial charge in [-0.25, -0.2) is 0 Å². The second kappa shape index (κ2) is 5.45. The second-order valence-corrected chi connectivity index (χ2v) is 2.97. The molecule has 0 aliphatic carbocycles. The van der Waals surface area contributed by atoms with Crippen LogP contribution in [0.5, 0.6) is 0 Å². The molecule has 2 atom stereocenters. The van der Waals surface area contributed by atoms with Gasteiger partial charge in [-0.05, 0) is 12.3 Å². The zero-order valence-electron chi connectivity index (χ0n) is 7.26. The molecule has 0 spiro atoms. The molecule has 0 aromatic carbocycles. The molecule has 0 amide bonds. The molecule has 0 saturated carbocycles. The molecule has 0 rings (SSSR count). The van der Waals surface area contributed by atoms with Crippen LogP contribution in [0.3, 0.4) is 0 Å². The van der Waals surface area contributed by atoms with E-state index in [9.17, 15) is 4.79 Å². The Morgan fingerprint density at radius 3 is 2.30 bits per heavy atom. The molecule has 0 aliphatic rings. The number of rotatable bonds is 5. The summed E-state index contributed by atoms with van der Waals surface area (Å²) in [5.74, 6) is 0.868. The standard InChI is InChI=1S/C9H18O/c1-4-6-8(3)9(5-2)7-10/h7-9H,4-6H2,1-3H3. The first-order chi connectivity index (χ1) is 4.76. The molecule has 1 nitrogen and oxygen atoms in total. The summed E-state index contributed by atoms with van der Waals surface area (Å²) in [6, 6.07) is 0. The van der Waals surface area contributed by atoms with Crippen molar-refractivity contribution in [3.05, 3.63) is 0 Å². The van der Waals surface area contributed by atoms with Gasteiger partial charge in [-0.3, -0.25) is 0 Å². The number of carbonyl (C=O) groups excluding carboxylic acids is 1. The third-order valence-electron chi connectivity index (χ3n) is 2.12. The van der Waals surface area contributed by atoms with Gasteiger partial charge in [-0.1, -0.05) is 33.6 Å². The Morgan fingerprint density at radius 2 is 2.00 bits per heavy atom. The molecule has 0 aliphatic heterocycles. The maximum absolute atomic E-state index is 10.5. The van der Waals surface area contributed by atoms with Crippen molar-refractivity contribution < 1.29 is 4.79 Å². The third-order valence-corrected chi connectivity index (χ3v) is 2.12. The van der Waals surface area contributed by atoms with Crippen molar-refractivity contribution in [3.63, 3.8) is 0 Å². The van der Waals surface area contributed by atoms with E-state index in [1.165, 1.54) is 12.8 Å². The largest absolute Gasteiger partial charge is 0.303 e. The van der Waals surface area contributed by atoms with E-state index in [0.29, 0.717) is 11.8 Å². The summed E-state index contributed by atoms with van der Waals surface area (Å²) in [5.41, 5.74) is 0. The van der Waals surface area contributed by atoms with E-state index in [2.05, 4.69) is 20.8 Å². The molecule has 0 radical (unpaired) electrons. The lowest BCUT2D eigenvalue weighted by molar-refractivity contribution is -0.112. The van der Waals surface area contributed by atoms with Gasteiger partial charge >= 0.3 is 0 Å². The van der Waals surface area contributed by atoms with Crippen molar-refractivity contribution in [3.8, 4) is 0 Å². The Morgan fingerprint density at radius 1 is 1.40 bits per heavy atom. The van der Waals surface area contributed by atoms with Crippen LogP contribution in [0, 0.1) is 11.8 Å². The van der Waals surface area contributed by atoms with Crippen LogP contribution < -0.4 is 0 Å². The summed E-state index contributed by atoms with van der Waals surface area (Å²) in [6.45, 7) is 6.39. The van der Waals surface area contributed by atoms with Crippen LogP contribution in [0.4, 0.5) is 0 Å². The molecule has 0 fully saturated rings. The van der Waals surface area contributed by atoms with Crippen LogP contribution in [0.15, 0.2) is 0 Å². The molecule has 0 heterocycles. The minimum Gasteiger partial charge on any atom is -0.303 e. The van der Waals surface area contributed by atoms with Crippen molar-refractivity contribution in [1.82, 2.24) is 0 Å². The van der Waals surface area contributed by atoms with Gasteiger partial charge in [-0.15, -0.1) is 0 Å². The topological polar surface area (TPSA) is 17.1 Å². The van der Waals surface area contributed by atoms with Crippen LogP contribution >= 0.6 is 0 Å². The summed E-state index contributed by atoms with van der Waals surface area (Å²) in [6.07, 6.45) is 4.45. The molecule has 0 N–H and O–H groups in total. The highest BCUT2D eigenvalue weighted by molar-refractivity contribution is 5.53. The molecule has 0 saturated heterocycles. The van der Waals surface area contributed by atoms with Gasteiger partial charge in [0, 0.05) is 5.92 Å². The zero-order valence-corrected chi connectivity index (χ0v) is 7.26. The minimum atomic E-state index is 0.292. The van der Waals surface area contributed by atoms with E-state index in [0.717, 1.165) is 12.7 Å². The first-order valence-electron chi connectivity index (χ1n) is 4.21. The first kappa shape index (κ1) is 9.67. The number of hydrogen-bond acceptors (Lipinski definition) is 1. The van der Waals surface area contributed by atoms with Crippen LogP contribution in [-0.4, -0.2) is 6.29 Å². The van der Waals surface area contributed by atoms with Gasteiger partial charge in [0.05, 0.1) is 0 Å². The third kappa shape index (κ3) is 3.00. The first-order valence-corrected chi connectivity index (χ1v) is 4.21. The van der Waals surface area contributed by atoms with Crippen molar-refractivity contribution in [2.75, 3.05) is 0 Å². The molecule has 10 heavy (non-hydrogen) atoms. The van der Waals surface area contributed by atoms with Crippen LogP contribution in [0.1, 0.15) is 40.0 Å². The van der Waals surface area contributed by atoms with E-state index in [-0.39, 0.29) is 0 Å². The Hall–Kier alpha value is -0.330. The lowest BCUT2D eigenvalue weighted by Gasteiger charge is -2.15. The quantitative estimate of drug-likeness (QED) is 0.539. The Bertz CT molecular complexity index is 88.7. The van der Waals surface area contributed by atoms with E-state index in [1.807, 2.05) is 0 Å². The minimum absolute atomic E-state index is 0.292. The normalized spacial score (nSPS) is 16.3. The molecule has 2 unspecified atom stereocenters. The highest BCUT2D eigenvalue weighted by Crippen LogP contribution is 2.17. The fourth-order valence-corrected chi connectivity index (χ4v) is 1.30. The number of aldehydes is 1. The summed E-state index contributed by atoms with van der Waals surface area (Å²) in [5, 5.41) is 0. The molecule has 60 valence electrons. The highest BCUT2D eigenvalue weighted by atomic mass is 16.1. The number of hydrogen-bond donors (Lipinski definition) is 0. The smallest absolute Gasteiger partial charge is 0.123 e. The lowest BCUT2D eigenvalue weighted by atomic mass is 9.89. The molecule has 0 aromatic rings. The van der Waals surface area contributed by atoms with E-state index in [4.69, 9.17) is 0 Å². The van der Waals surface area contributed by atoms with Crippen LogP contribution in [0.25, 0.3) is 0 Å². The number of carbonyl (C=O) groups is 1. The zero-order chi connectivity index (χ0) is 7.98. The van der Waals surface area contributed by atoms with Crippen molar-refractivity contribution in [2.24, 2.45) is 11.8 Å². The fourth-order valence-electron chi connectivity index (χ4n) is 1.30. The fraction of sp³-hybridized carbons (Fsp3) is 0.889. The van der Waals surface area contributed by atoms with E-state index in [1.54, 1.807) is 0 Å². The highest BCUT2D eigenvalue weighted by Gasteiger charge is 2.12. The SMILES string of the molecule is CCCC(C)C(C=O)CC. The predicted octanol–water partition coefficient (Wildman–Crippen LogP) is 2.65. The van der Waals surface area contributed by atoms with Gasteiger partial charge in [0.15, 0.2) is 0 Å². The van der Waals surface area contributed by atoms with Gasteiger partial charge < -0.3 is 4.79 Å². The molecule has 1 heteroatoms. The maximum atomic E-state index is 10.5. The van der Waals surface area contributed by atoms with Crippen molar-refractivity contribution in [1.29, 1.82) is 0 Å². The monoisotopic (exact) mass is 142 g/mol. The maximum Gasteiger partial charge on any atom is 0.123 e. The van der Waals surface area contributed by atoms with Crippen LogP contribution in [0.2, 0.25) is 0 Å². The average molecular weight is 142 g/mol. The van der Waals surface area contributed by atoms with Gasteiger partial charge in [0.25, 0.3) is 0 Å². The Labute approximate surface area is 63.8 Å². The van der Waals surface area contributed by atoms with Gasteiger partial charge in [0.1, 0.15) is 6.29 Å². The molecular weight excluding hydrogens is 124 g/mol. The summed E-state index contributed by atoms with van der Waals surface area (Å²) < 4.78 is 0. The van der Waals surface area contributed by atoms with Crippen molar-refractivity contribution >= 4 is 6.29 Å². The average Bonchev–Trinajstić information content (AvgIpc) is 1.91. The molecule has 0 aromatic heterocycles. The van der Waals surface area contributed by atoms with E-state index < -0.39 is 0 Å². The van der Waals surface area contributed by atoms with Gasteiger partial charge in [-0.2, -0.15) is 0 Å². The Kier molecular flexibility index (Phi) is 5.27. The lowest BCUT2D eigenvalue weighted by Crippen LogP contribution is -2.11. The predicted molar refractivity (Wildman–Crippen MR) is 43.9 cm³/mol.